The molecule has 0 aliphatic carbocycles. The summed E-state index contributed by atoms with van der Waals surface area (Å²) in [5.41, 5.74) is 0.165. The molecule has 0 radical (unpaired) electrons. The smallest absolute Gasteiger partial charge is 0.270 e. The minimum absolute atomic E-state index is 0.165. The zero-order valence-corrected chi connectivity index (χ0v) is 6.32. The van der Waals surface area contributed by atoms with Crippen LogP contribution in [0.4, 0.5) is 8.78 Å². The Balaban J connectivity index is 4.37. The average Bonchev–Trinajstić information content (AvgIpc) is 1.87. The Labute approximate surface area is 63.6 Å². The molecule has 0 aromatic carbocycles. The summed E-state index contributed by atoms with van der Waals surface area (Å²) in [6.07, 6.45) is -0.204. The van der Waals surface area contributed by atoms with Crippen LogP contribution in [0.2, 0.25) is 0 Å². The third-order valence-corrected chi connectivity index (χ3v) is 1.02. The third kappa shape index (κ3) is 4.25. The first-order chi connectivity index (χ1) is 5.07. The van der Waals surface area contributed by atoms with Crippen molar-refractivity contribution in [2.24, 2.45) is 0 Å². The summed E-state index contributed by atoms with van der Waals surface area (Å²) in [6, 6.07) is 0. The van der Waals surface area contributed by atoms with Crippen molar-refractivity contribution in [3.8, 4) is 0 Å². The molecule has 4 heteroatoms. The second-order valence-corrected chi connectivity index (χ2v) is 1.84. The topological polar surface area (TPSA) is 29.1 Å². The predicted octanol–water partition coefficient (Wildman–Crippen LogP) is 1.46. The second kappa shape index (κ2) is 4.60. The molecule has 2 nitrogen and oxygen atoms in total. The zero-order chi connectivity index (χ0) is 8.85. The minimum Gasteiger partial charge on any atom is -0.385 e. The van der Waals surface area contributed by atoms with E-state index < -0.39 is 6.08 Å². The Hall–Kier alpha value is -1.19. The van der Waals surface area contributed by atoms with Crippen LogP contribution in [0.15, 0.2) is 23.9 Å². The first-order valence-electron chi connectivity index (χ1n) is 2.99. The van der Waals surface area contributed by atoms with Crippen LogP contribution < -0.4 is 5.32 Å². The van der Waals surface area contributed by atoms with E-state index in [0.717, 1.165) is 6.08 Å². The molecule has 0 spiro atoms. The Morgan fingerprint density at radius 1 is 1.36 bits per heavy atom. The first-order valence-corrected chi connectivity index (χ1v) is 2.99. The maximum absolute atomic E-state index is 11.5. The summed E-state index contributed by atoms with van der Waals surface area (Å²) in [6.45, 7) is 1.30. The van der Waals surface area contributed by atoms with Gasteiger partial charge in [0.25, 0.3) is 6.08 Å². The van der Waals surface area contributed by atoms with Crippen molar-refractivity contribution in [1.29, 1.82) is 0 Å². The molecule has 0 aromatic rings. The van der Waals surface area contributed by atoms with Gasteiger partial charge in [-0.05, 0) is 6.08 Å². The fourth-order valence-corrected chi connectivity index (χ4v) is 0.523. The second-order valence-electron chi connectivity index (χ2n) is 1.84. The van der Waals surface area contributed by atoms with E-state index in [1.54, 1.807) is 0 Å². The molecule has 0 saturated heterocycles. The van der Waals surface area contributed by atoms with E-state index in [1.165, 1.54) is 14.0 Å². The van der Waals surface area contributed by atoms with E-state index >= 15 is 0 Å². The molecular formula is C7H9F2NO. The largest absolute Gasteiger partial charge is 0.385 e. The maximum Gasteiger partial charge on any atom is 0.270 e. The molecule has 0 heterocycles. The number of nitrogens with one attached hydrogen (secondary N) is 1. The van der Waals surface area contributed by atoms with Crippen LogP contribution >= 0.6 is 0 Å². The van der Waals surface area contributed by atoms with E-state index in [4.69, 9.17) is 0 Å². The molecule has 0 aliphatic rings. The number of hydrogen-bond donors (Lipinski definition) is 1. The summed E-state index contributed by atoms with van der Waals surface area (Å²) in [5, 5.41) is 2.49. The highest BCUT2D eigenvalue weighted by Crippen LogP contribution is 1.99. The van der Waals surface area contributed by atoms with Crippen LogP contribution in [-0.2, 0) is 4.79 Å². The van der Waals surface area contributed by atoms with Gasteiger partial charge in [0.05, 0.1) is 5.70 Å². The molecule has 1 N–H and O–H groups in total. The fourth-order valence-electron chi connectivity index (χ4n) is 0.523. The molecule has 0 saturated carbocycles. The average molecular weight is 161 g/mol. The van der Waals surface area contributed by atoms with Crippen LogP contribution in [0.3, 0.4) is 0 Å². The number of ketones is 1. The van der Waals surface area contributed by atoms with Gasteiger partial charge >= 0.3 is 0 Å². The normalized spacial score (nSPS) is 10.7. The van der Waals surface area contributed by atoms with Gasteiger partial charge in [-0.3, -0.25) is 4.79 Å². The van der Waals surface area contributed by atoms with Crippen LogP contribution in [-0.4, -0.2) is 12.8 Å². The molecule has 0 aromatic heterocycles. The van der Waals surface area contributed by atoms with Gasteiger partial charge in [0.2, 0.25) is 0 Å². The van der Waals surface area contributed by atoms with E-state index in [-0.39, 0.29) is 11.5 Å². The summed E-state index contributed by atoms with van der Waals surface area (Å²) >= 11 is 0. The van der Waals surface area contributed by atoms with Gasteiger partial charge in [-0.15, -0.1) is 0 Å². The number of likely N-dealkylation sites (N-methyl/N-ethyl adjacent to an activating group) is 1. The molecule has 0 atom stereocenters. The van der Waals surface area contributed by atoms with E-state index in [0.29, 0.717) is 6.08 Å². The summed E-state index contributed by atoms with van der Waals surface area (Å²) in [4.78, 5) is 10.6. The standard InChI is InChI=1S/C7H9F2NO/c1-5(11)6(10-2)3-4-7(8)9/h3-4,10H,1-2H3/b6-3+. The SMILES string of the molecule is CN/C(=C/C=C(F)F)C(C)=O. The molecule has 0 bridgehead atoms. The fraction of sp³-hybridized carbons (Fsp3) is 0.286. The first kappa shape index (κ1) is 9.81. The van der Waals surface area contributed by atoms with Crippen molar-refractivity contribution in [2.75, 3.05) is 7.05 Å². The van der Waals surface area contributed by atoms with Crippen molar-refractivity contribution in [3.05, 3.63) is 23.9 Å². The molecule has 11 heavy (non-hydrogen) atoms. The Morgan fingerprint density at radius 2 is 1.91 bits per heavy atom. The lowest BCUT2D eigenvalue weighted by molar-refractivity contribution is -0.113. The zero-order valence-electron chi connectivity index (χ0n) is 6.32. The highest BCUT2D eigenvalue weighted by molar-refractivity contribution is 5.92. The van der Waals surface area contributed by atoms with Crippen LogP contribution in [0.5, 0.6) is 0 Å². The molecule has 0 fully saturated rings. The number of carbonyl (C=O) groups is 1. The quantitative estimate of drug-likeness (QED) is 0.501. The van der Waals surface area contributed by atoms with E-state index in [1.807, 2.05) is 0 Å². The summed E-state index contributed by atoms with van der Waals surface area (Å²) < 4.78 is 22.9. The third-order valence-electron chi connectivity index (χ3n) is 1.02. The van der Waals surface area contributed by atoms with Crippen molar-refractivity contribution in [3.63, 3.8) is 0 Å². The predicted molar refractivity (Wildman–Crippen MR) is 38.1 cm³/mol. The lowest BCUT2D eigenvalue weighted by atomic mass is 10.3. The van der Waals surface area contributed by atoms with Gasteiger partial charge in [-0.1, -0.05) is 0 Å². The Kier molecular flexibility index (Phi) is 4.10. The number of halogens is 2. The van der Waals surface area contributed by atoms with Gasteiger partial charge in [0.1, 0.15) is 0 Å². The lowest BCUT2D eigenvalue weighted by Gasteiger charge is -1.97. The van der Waals surface area contributed by atoms with Crippen LogP contribution in [0.25, 0.3) is 0 Å². The molecular weight excluding hydrogens is 152 g/mol. The van der Waals surface area contributed by atoms with Gasteiger partial charge in [0, 0.05) is 20.0 Å². The summed E-state index contributed by atoms with van der Waals surface area (Å²) in [5.74, 6) is -0.273. The molecule has 62 valence electrons. The molecule has 0 amide bonds. The maximum atomic E-state index is 11.5. The highest BCUT2D eigenvalue weighted by Gasteiger charge is 1.97. The van der Waals surface area contributed by atoms with Gasteiger partial charge in [-0.2, -0.15) is 8.78 Å². The van der Waals surface area contributed by atoms with Gasteiger partial charge in [-0.25, -0.2) is 0 Å². The van der Waals surface area contributed by atoms with Crippen molar-refractivity contribution in [2.45, 2.75) is 6.92 Å². The molecule has 0 aliphatic heterocycles. The van der Waals surface area contributed by atoms with Crippen molar-refractivity contribution in [1.82, 2.24) is 5.32 Å². The summed E-state index contributed by atoms with van der Waals surface area (Å²) in [7, 11) is 1.50. The van der Waals surface area contributed by atoms with Gasteiger partial charge < -0.3 is 5.32 Å². The Morgan fingerprint density at radius 3 is 2.18 bits per heavy atom. The van der Waals surface area contributed by atoms with Crippen molar-refractivity contribution >= 4 is 5.78 Å². The van der Waals surface area contributed by atoms with E-state index in [9.17, 15) is 13.6 Å². The molecule has 0 rings (SSSR count). The van der Waals surface area contributed by atoms with Crippen LogP contribution in [0.1, 0.15) is 6.92 Å². The Bertz CT molecular complexity index is 204. The number of Topliss-reactive ketones (excluding diaryl/α,β-unsaturated/α-hetero) is 1. The number of hydrogen-bond acceptors (Lipinski definition) is 2. The lowest BCUT2D eigenvalue weighted by Crippen LogP contribution is -2.12. The number of rotatable bonds is 3. The monoisotopic (exact) mass is 161 g/mol. The van der Waals surface area contributed by atoms with Crippen LogP contribution in [0, 0.1) is 0 Å². The van der Waals surface area contributed by atoms with Gasteiger partial charge in [0.15, 0.2) is 5.78 Å². The van der Waals surface area contributed by atoms with E-state index in [2.05, 4.69) is 5.32 Å². The number of allylic oxidation sites excluding steroid dienone is 3. The highest BCUT2D eigenvalue weighted by atomic mass is 19.3. The molecule has 0 unspecified atom stereocenters. The number of carbonyl (C=O) groups excluding carboxylic acids is 1. The van der Waals surface area contributed by atoms with Crippen molar-refractivity contribution < 1.29 is 13.6 Å². The minimum atomic E-state index is -1.82.